The third-order valence-corrected chi connectivity index (χ3v) is 5.88. The van der Waals surface area contributed by atoms with Crippen LogP contribution in [0.25, 0.3) is 11.4 Å². The number of aryl methyl sites for hydroxylation is 1. The second-order valence-corrected chi connectivity index (χ2v) is 8.46. The molecule has 1 aliphatic rings. The summed E-state index contributed by atoms with van der Waals surface area (Å²) in [6, 6.07) is 7.25. The molecule has 32 heavy (non-hydrogen) atoms. The number of hydrogen-bond acceptors (Lipinski definition) is 8. The highest BCUT2D eigenvalue weighted by Crippen LogP contribution is 2.34. The van der Waals surface area contributed by atoms with Crippen molar-refractivity contribution >= 4 is 0 Å². The predicted molar refractivity (Wildman–Crippen MR) is 119 cm³/mol. The van der Waals surface area contributed by atoms with Gasteiger partial charge in [0.2, 0.25) is 5.88 Å². The zero-order valence-electron chi connectivity index (χ0n) is 18.3. The Kier molecular flexibility index (Phi) is 7.04. The van der Waals surface area contributed by atoms with Gasteiger partial charge in [0.25, 0.3) is 0 Å². The second kappa shape index (κ2) is 10.1. The maximum Gasteiger partial charge on any atom is 0.213 e. The first-order chi connectivity index (χ1) is 15.5. The number of aromatic nitrogens is 4. The van der Waals surface area contributed by atoms with E-state index in [0.717, 1.165) is 29.5 Å². The molecule has 0 aromatic carbocycles. The molecule has 4 atom stereocenters. The largest absolute Gasteiger partial charge is 0.474 e. The first-order valence-corrected chi connectivity index (χ1v) is 10.9. The molecule has 3 heterocycles. The van der Waals surface area contributed by atoms with Crippen molar-refractivity contribution in [3.8, 4) is 17.3 Å². The van der Waals surface area contributed by atoms with Gasteiger partial charge in [0.05, 0.1) is 12.3 Å². The molecule has 3 aromatic rings. The van der Waals surface area contributed by atoms with Crippen LogP contribution in [0.4, 0.5) is 0 Å². The van der Waals surface area contributed by atoms with E-state index in [4.69, 9.17) is 4.74 Å². The van der Waals surface area contributed by atoms with E-state index in [1.54, 1.807) is 43.0 Å². The fourth-order valence-electron chi connectivity index (χ4n) is 4.22. The average Bonchev–Trinajstić information content (AvgIpc) is 3.17. The standard InChI is InChI=1S/C24H29N5O3/c1-15-8-19(23-26-5-3-6-27-23)22(28-12-15)24(31)29-13-18-9-16(2)20(10-18)32-21-11-17(14-30)4-7-25-21/h3-8,11-12,16,18,20,24,29-31H,9-10,13-14H2,1-2H3. The van der Waals surface area contributed by atoms with Gasteiger partial charge in [-0.05, 0) is 60.9 Å². The smallest absolute Gasteiger partial charge is 0.213 e. The number of aliphatic hydroxyl groups excluding tert-OH is 2. The van der Waals surface area contributed by atoms with Gasteiger partial charge in [-0.2, -0.15) is 0 Å². The SMILES string of the molecule is Cc1cnc(C(O)NCC2CC(C)C(Oc3cc(CO)ccn3)C2)c(-c2ncccn2)c1. The van der Waals surface area contributed by atoms with E-state index in [-0.39, 0.29) is 12.7 Å². The van der Waals surface area contributed by atoms with Crippen molar-refractivity contribution in [2.45, 2.75) is 45.6 Å². The monoisotopic (exact) mass is 435 g/mol. The Bertz CT molecular complexity index is 1030. The van der Waals surface area contributed by atoms with Crippen molar-refractivity contribution < 1.29 is 14.9 Å². The molecular formula is C24H29N5O3. The van der Waals surface area contributed by atoms with Crippen LogP contribution in [0.5, 0.6) is 5.88 Å². The number of hydrogen-bond donors (Lipinski definition) is 3. The van der Waals surface area contributed by atoms with Crippen LogP contribution in [0.15, 0.2) is 49.1 Å². The summed E-state index contributed by atoms with van der Waals surface area (Å²) in [5, 5.41) is 23.4. The van der Waals surface area contributed by atoms with Gasteiger partial charge in [0.1, 0.15) is 12.3 Å². The topological polar surface area (TPSA) is 113 Å². The molecule has 4 unspecified atom stereocenters. The van der Waals surface area contributed by atoms with E-state index in [2.05, 4.69) is 32.2 Å². The predicted octanol–water partition coefficient (Wildman–Crippen LogP) is 2.81. The van der Waals surface area contributed by atoms with Gasteiger partial charge >= 0.3 is 0 Å². The van der Waals surface area contributed by atoms with Crippen molar-refractivity contribution in [1.29, 1.82) is 0 Å². The maximum absolute atomic E-state index is 10.8. The minimum absolute atomic E-state index is 0.0351. The number of rotatable bonds is 8. The molecule has 4 rings (SSSR count). The lowest BCUT2D eigenvalue weighted by Gasteiger charge is -2.19. The Labute approximate surface area is 187 Å². The number of aliphatic hydroxyl groups is 2. The third-order valence-electron chi connectivity index (χ3n) is 5.88. The van der Waals surface area contributed by atoms with E-state index < -0.39 is 6.23 Å². The Hall–Kier alpha value is -2.94. The zero-order valence-corrected chi connectivity index (χ0v) is 18.3. The van der Waals surface area contributed by atoms with Gasteiger partial charge in [0.15, 0.2) is 5.82 Å². The highest BCUT2D eigenvalue weighted by Gasteiger charge is 2.33. The van der Waals surface area contributed by atoms with Crippen LogP contribution in [-0.2, 0) is 6.61 Å². The van der Waals surface area contributed by atoms with Crippen molar-refractivity contribution in [3.05, 3.63) is 65.9 Å². The Morgan fingerprint density at radius 2 is 1.94 bits per heavy atom. The van der Waals surface area contributed by atoms with E-state index >= 15 is 0 Å². The minimum atomic E-state index is -0.924. The second-order valence-electron chi connectivity index (χ2n) is 8.46. The molecule has 0 radical (unpaired) electrons. The molecule has 0 spiro atoms. The highest BCUT2D eigenvalue weighted by atomic mass is 16.5. The van der Waals surface area contributed by atoms with Gasteiger partial charge in [-0.3, -0.25) is 10.3 Å². The minimum Gasteiger partial charge on any atom is -0.474 e. The summed E-state index contributed by atoms with van der Waals surface area (Å²) >= 11 is 0. The van der Waals surface area contributed by atoms with E-state index in [1.807, 2.05) is 13.0 Å². The van der Waals surface area contributed by atoms with Crippen LogP contribution in [0.2, 0.25) is 0 Å². The molecule has 1 fully saturated rings. The molecule has 0 aliphatic heterocycles. The lowest BCUT2D eigenvalue weighted by atomic mass is 10.1. The molecule has 3 N–H and O–H groups in total. The van der Waals surface area contributed by atoms with Crippen LogP contribution in [0.1, 0.15) is 42.8 Å². The summed E-state index contributed by atoms with van der Waals surface area (Å²) < 4.78 is 6.10. The summed E-state index contributed by atoms with van der Waals surface area (Å²) in [6.45, 7) is 4.73. The van der Waals surface area contributed by atoms with Gasteiger partial charge in [-0.25, -0.2) is 15.0 Å². The molecule has 1 aliphatic carbocycles. The van der Waals surface area contributed by atoms with Gasteiger partial charge in [-0.1, -0.05) is 6.92 Å². The molecule has 0 amide bonds. The number of ether oxygens (including phenoxy) is 1. The molecule has 0 saturated heterocycles. The maximum atomic E-state index is 10.8. The summed E-state index contributed by atoms with van der Waals surface area (Å²) in [5.41, 5.74) is 3.00. The summed E-state index contributed by atoms with van der Waals surface area (Å²) in [7, 11) is 0. The molecule has 1 saturated carbocycles. The van der Waals surface area contributed by atoms with E-state index in [0.29, 0.717) is 35.8 Å². The van der Waals surface area contributed by atoms with Crippen LogP contribution >= 0.6 is 0 Å². The third kappa shape index (κ3) is 5.27. The molecule has 8 nitrogen and oxygen atoms in total. The van der Waals surface area contributed by atoms with Crippen LogP contribution in [-0.4, -0.2) is 42.8 Å². The highest BCUT2D eigenvalue weighted by molar-refractivity contribution is 5.59. The molecule has 0 bridgehead atoms. The average molecular weight is 436 g/mol. The number of nitrogens with zero attached hydrogens (tertiary/aromatic N) is 4. The lowest BCUT2D eigenvalue weighted by molar-refractivity contribution is 0.126. The Morgan fingerprint density at radius 1 is 1.12 bits per heavy atom. The quantitative estimate of drug-likeness (QED) is 0.463. The first kappa shape index (κ1) is 22.3. The zero-order chi connectivity index (χ0) is 22.5. The van der Waals surface area contributed by atoms with Crippen molar-refractivity contribution in [3.63, 3.8) is 0 Å². The number of nitrogens with one attached hydrogen (secondary N) is 1. The van der Waals surface area contributed by atoms with Crippen molar-refractivity contribution in [2.24, 2.45) is 11.8 Å². The van der Waals surface area contributed by atoms with Gasteiger partial charge < -0.3 is 14.9 Å². The lowest BCUT2D eigenvalue weighted by Crippen LogP contribution is -2.28. The normalized spacial score (nSPS) is 21.4. The van der Waals surface area contributed by atoms with Crippen LogP contribution in [0, 0.1) is 18.8 Å². The molecule has 8 heteroatoms. The molecule has 168 valence electrons. The van der Waals surface area contributed by atoms with Crippen molar-refractivity contribution in [2.75, 3.05) is 6.54 Å². The van der Waals surface area contributed by atoms with Crippen LogP contribution < -0.4 is 10.1 Å². The summed E-state index contributed by atoms with van der Waals surface area (Å²) in [5.74, 6) is 1.80. The fraction of sp³-hybridized carbons (Fsp3) is 0.417. The number of pyridine rings is 2. The van der Waals surface area contributed by atoms with Gasteiger partial charge in [-0.15, -0.1) is 0 Å². The molecular weight excluding hydrogens is 406 g/mol. The Morgan fingerprint density at radius 3 is 2.72 bits per heavy atom. The van der Waals surface area contributed by atoms with E-state index in [1.165, 1.54) is 0 Å². The summed E-state index contributed by atoms with van der Waals surface area (Å²) in [6.07, 6.45) is 7.72. The molecule has 3 aromatic heterocycles. The Balaban J connectivity index is 1.38. The van der Waals surface area contributed by atoms with Gasteiger partial charge in [0, 0.05) is 43.0 Å². The van der Waals surface area contributed by atoms with Crippen LogP contribution in [0.3, 0.4) is 0 Å². The van der Waals surface area contributed by atoms with Crippen molar-refractivity contribution in [1.82, 2.24) is 25.3 Å². The first-order valence-electron chi connectivity index (χ1n) is 10.9. The fourth-order valence-corrected chi connectivity index (χ4v) is 4.22. The van der Waals surface area contributed by atoms with E-state index in [9.17, 15) is 10.2 Å². The summed E-state index contributed by atoms with van der Waals surface area (Å²) in [4.78, 5) is 17.3.